The molecule has 0 aromatic heterocycles. The van der Waals surface area contributed by atoms with E-state index >= 15 is 0 Å². The number of amides is 1. The summed E-state index contributed by atoms with van der Waals surface area (Å²) in [6.07, 6.45) is 2.53. The monoisotopic (exact) mass is 279 g/mol. The molecule has 108 valence electrons. The summed E-state index contributed by atoms with van der Waals surface area (Å²) in [4.78, 5) is 28.7. The fourth-order valence-electron chi connectivity index (χ4n) is 2.12. The highest BCUT2D eigenvalue weighted by Gasteiger charge is 2.20. The Labute approximate surface area is 116 Å². The van der Waals surface area contributed by atoms with E-state index in [4.69, 9.17) is 4.84 Å². The summed E-state index contributed by atoms with van der Waals surface area (Å²) in [5.41, 5.74) is 3.21. The van der Waals surface area contributed by atoms with Crippen molar-refractivity contribution in [1.82, 2.24) is 4.90 Å². The summed E-state index contributed by atoms with van der Waals surface area (Å²) in [7, 11) is 0. The lowest BCUT2D eigenvalue weighted by Gasteiger charge is -2.25. The standard InChI is InChI=1S/C13H17N3O4/c1-10-5-6-11(12(9-10)16(18)19)14-20-13(17)15-7-3-2-4-8-15/h5-6,9,14H,2-4,7-8H2,1H3. The molecule has 0 aliphatic carbocycles. The van der Waals surface area contributed by atoms with Crippen LogP contribution in [0.2, 0.25) is 0 Å². The topological polar surface area (TPSA) is 84.7 Å². The van der Waals surface area contributed by atoms with Crippen LogP contribution >= 0.6 is 0 Å². The third-order valence-electron chi connectivity index (χ3n) is 3.21. The van der Waals surface area contributed by atoms with Crippen molar-refractivity contribution in [2.75, 3.05) is 18.6 Å². The van der Waals surface area contributed by atoms with Gasteiger partial charge in [0.15, 0.2) is 0 Å². The highest BCUT2D eigenvalue weighted by Crippen LogP contribution is 2.25. The maximum atomic E-state index is 11.8. The summed E-state index contributed by atoms with van der Waals surface area (Å²) in [5.74, 6) is 0. The molecule has 20 heavy (non-hydrogen) atoms. The second-order valence-electron chi connectivity index (χ2n) is 4.80. The van der Waals surface area contributed by atoms with Crippen LogP contribution in [-0.4, -0.2) is 29.0 Å². The van der Waals surface area contributed by atoms with Crippen LogP contribution in [0.25, 0.3) is 0 Å². The number of nitrogens with one attached hydrogen (secondary N) is 1. The number of carbonyl (C=O) groups excluding carboxylic acids is 1. The highest BCUT2D eigenvalue weighted by atomic mass is 16.7. The van der Waals surface area contributed by atoms with Gasteiger partial charge in [0.05, 0.1) is 4.92 Å². The zero-order valence-electron chi connectivity index (χ0n) is 11.3. The quantitative estimate of drug-likeness (QED) is 0.679. The van der Waals surface area contributed by atoms with Gasteiger partial charge in [-0.25, -0.2) is 10.3 Å². The molecule has 0 unspecified atom stereocenters. The number of rotatable bonds is 3. The lowest BCUT2D eigenvalue weighted by atomic mass is 10.1. The minimum Gasteiger partial charge on any atom is -0.324 e. The zero-order chi connectivity index (χ0) is 14.5. The minimum atomic E-state index is -0.510. The number of hydrogen-bond acceptors (Lipinski definition) is 5. The highest BCUT2D eigenvalue weighted by molar-refractivity contribution is 5.70. The Morgan fingerprint density at radius 3 is 2.70 bits per heavy atom. The molecule has 1 amide bonds. The van der Waals surface area contributed by atoms with E-state index in [1.807, 2.05) is 0 Å². The lowest BCUT2D eigenvalue weighted by Crippen LogP contribution is -2.37. The molecule has 1 aliphatic heterocycles. The first-order valence-electron chi connectivity index (χ1n) is 6.55. The van der Waals surface area contributed by atoms with Gasteiger partial charge in [0.25, 0.3) is 5.69 Å². The van der Waals surface area contributed by atoms with E-state index in [2.05, 4.69) is 5.48 Å². The lowest BCUT2D eigenvalue weighted by molar-refractivity contribution is -0.384. The first-order valence-corrected chi connectivity index (χ1v) is 6.55. The van der Waals surface area contributed by atoms with Gasteiger partial charge in [0.2, 0.25) is 0 Å². The molecular formula is C13H17N3O4. The van der Waals surface area contributed by atoms with Crippen molar-refractivity contribution in [3.8, 4) is 0 Å². The van der Waals surface area contributed by atoms with E-state index in [0.717, 1.165) is 24.8 Å². The number of nitro benzene ring substituents is 1. The van der Waals surface area contributed by atoms with Crippen LogP contribution in [0.3, 0.4) is 0 Å². The van der Waals surface area contributed by atoms with Gasteiger partial charge >= 0.3 is 6.09 Å². The van der Waals surface area contributed by atoms with Crippen molar-refractivity contribution in [3.05, 3.63) is 33.9 Å². The van der Waals surface area contributed by atoms with E-state index in [9.17, 15) is 14.9 Å². The van der Waals surface area contributed by atoms with Gasteiger partial charge < -0.3 is 9.74 Å². The Balaban J connectivity index is 1.99. The molecule has 0 saturated carbocycles. The molecule has 1 aromatic carbocycles. The molecule has 0 spiro atoms. The average Bonchev–Trinajstić information content (AvgIpc) is 2.46. The Kier molecular flexibility index (Phi) is 4.39. The fourth-order valence-corrected chi connectivity index (χ4v) is 2.12. The van der Waals surface area contributed by atoms with Crippen LogP contribution in [0.4, 0.5) is 16.2 Å². The van der Waals surface area contributed by atoms with Gasteiger partial charge in [0.1, 0.15) is 5.69 Å². The van der Waals surface area contributed by atoms with Gasteiger partial charge in [-0.1, -0.05) is 6.07 Å². The van der Waals surface area contributed by atoms with E-state index in [1.165, 1.54) is 12.1 Å². The van der Waals surface area contributed by atoms with Crippen molar-refractivity contribution in [2.45, 2.75) is 26.2 Å². The Morgan fingerprint density at radius 2 is 2.05 bits per heavy atom. The van der Waals surface area contributed by atoms with Gasteiger partial charge in [0, 0.05) is 19.2 Å². The fraction of sp³-hybridized carbons (Fsp3) is 0.462. The molecule has 1 fully saturated rings. The largest absolute Gasteiger partial charge is 0.434 e. The number of nitro groups is 1. The van der Waals surface area contributed by atoms with Crippen LogP contribution in [0.1, 0.15) is 24.8 Å². The van der Waals surface area contributed by atoms with Gasteiger partial charge in [-0.2, -0.15) is 0 Å². The molecule has 7 heteroatoms. The van der Waals surface area contributed by atoms with E-state index in [1.54, 1.807) is 17.9 Å². The number of aryl methyl sites for hydroxylation is 1. The minimum absolute atomic E-state index is 0.114. The second kappa shape index (κ2) is 6.23. The predicted molar refractivity (Wildman–Crippen MR) is 73.4 cm³/mol. The summed E-state index contributed by atoms with van der Waals surface area (Å²) in [6, 6.07) is 4.66. The van der Waals surface area contributed by atoms with Gasteiger partial charge in [-0.3, -0.25) is 10.1 Å². The van der Waals surface area contributed by atoms with Crippen LogP contribution in [-0.2, 0) is 4.84 Å². The number of piperidine rings is 1. The predicted octanol–water partition coefficient (Wildman–Crippen LogP) is 2.85. The molecule has 0 bridgehead atoms. The number of anilines is 1. The second-order valence-corrected chi connectivity index (χ2v) is 4.80. The molecule has 1 saturated heterocycles. The smallest absolute Gasteiger partial charge is 0.324 e. The molecule has 1 heterocycles. The van der Waals surface area contributed by atoms with Crippen LogP contribution < -0.4 is 5.48 Å². The van der Waals surface area contributed by atoms with Crippen LogP contribution in [0.5, 0.6) is 0 Å². The van der Waals surface area contributed by atoms with Crippen molar-refractivity contribution < 1.29 is 14.6 Å². The number of nitrogens with zero attached hydrogens (tertiary/aromatic N) is 2. The molecule has 1 aromatic rings. The molecule has 2 rings (SSSR count). The summed E-state index contributed by atoms with van der Waals surface area (Å²) < 4.78 is 0. The molecular weight excluding hydrogens is 262 g/mol. The summed E-state index contributed by atoms with van der Waals surface area (Å²) in [6.45, 7) is 3.09. The van der Waals surface area contributed by atoms with Crippen molar-refractivity contribution in [3.63, 3.8) is 0 Å². The third kappa shape index (κ3) is 3.37. The van der Waals surface area contributed by atoms with E-state index in [0.29, 0.717) is 13.1 Å². The Morgan fingerprint density at radius 1 is 1.35 bits per heavy atom. The Hall–Kier alpha value is -2.31. The molecule has 0 radical (unpaired) electrons. The van der Waals surface area contributed by atoms with E-state index < -0.39 is 11.0 Å². The summed E-state index contributed by atoms with van der Waals surface area (Å²) in [5, 5.41) is 10.9. The Bertz CT molecular complexity index is 512. The van der Waals surface area contributed by atoms with Crippen molar-refractivity contribution in [1.29, 1.82) is 0 Å². The maximum Gasteiger partial charge on any atom is 0.434 e. The number of carbonyl (C=O) groups is 1. The molecule has 1 N–H and O–H groups in total. The molecule has 1 aliphatic rings. The van der Waals surface area contributed by atoms with Crippen LogP contribution in [0, 0.1) is 17.0 Å². The van der Waals surface area contributed by atoms with Crippen LogP contribution in [0.15, 0.2) is 18.2 Å². The first kappa shape index (κ1) is 14.1. The SMILES string of the molecule is Cc1ccc(NOC(=O)N2CCCCC2)c([N+](=O)[O-])c1. The summed E-state index contributed by atoms with van der Waals surface area (Å²) >= 11 is 0. The molecule has 7 nitrogen and oxygen atoms in total. The first-order chi connectivity index (χ1) is 9.58. The average molecular weight is 279 g/mol. The van der Waals surface area contributed by atoms with Gasteiger partial charge in [-0.15, -0.1) is 0 Å². The maximum absolute atomic E-state index is 11.8. The van der Waals surface area contributed by atoms with E-state index in [-0.39, 0.29) is 11.4 Å². The number of benzene rings is 1. The number of hydrogen-bond donors (Lipinski definition) is 1. The third-order valence-corrected chi connectivity index (χ3v) is 3.21. The number of likely N-dealkylation sites (tertiary alicyclic amines) is 1. The normalized spacial score (nSPS) is 14.8. The molecule has 0 atom stereocenters. The van der Waals surface area contributed by atoms with Crippen molar-refractivity contribution in [2.24, 2.45) is 0 Å². The van der Waals surface area contributed by atoms with Crippen molar-refractivity contribution >= 4 is 17.5 Å². The van der Waals surface area contributed by atoms with Gasteiger partial charge in [-0.05, 0) is 37.8 Å². The zero-order valence-corrected chi connectivity index (χ0v) is 11.3.